The molecule has 0 spiro atoms. The van der Waals surface area contributed by atoms with E-state index >= 15 is 0 Å². The largest absolute Gasteiger partial charge is 0.494 e. The van der Waals surface area contributed by atoms with Crippen molar-refractivity contribution in [2.24, 2.45) is 0 Å². The van der Waals surface area contributed by atoms with E-state index in [1.165, 1.54) is 30.4 Å². The fourth-order valence-corrected chi connectivity index (χ4v) is 10.5. The van der Waals surface area contributed by atoms with Crippen molar-refractivity contribution in [2.75, 3.05) is 13.2 Å². The van der Waals surface area contributed by atoms with Crippen molar-refractivity contribution in [3.8, 4) is 11.5 Å². The number of unbranched alkanes of at least 4 members (excludes halogenated alkanes) is 3. The molecule has 6 nitrogen and oxygen atoms in total. The molecular formula is C54H52O6. The van der Waals surface area contributed by atoms with Crippen molar-refractivity contribution in [2.45, 2.75) is 103 Å². The third kappa shape index (κ3) is 7.14. The number of fused-ring (bicyclic) bond motifs is 4. The lowest BCUT2D eigenvalue weighted by molar-refractivity contribution is -0.117. The maximum Gasteiger partial charge on any atom is 0.190 e. The minimum Gasteiger partial charge on any atom is -0.494 e. The van der Waals surface area contributed by atoms with Gasteiger partial charge in [0, 0.05) is 58.1 Å². The fraction of sp³-hybridized carbons (Fsp3) is 0.333. The molecule has 10 rings (SSSR count). The van der Waals surface area contributed by atoms with Gasteiger partial charge in [0.2, 0.25) is 0 Å². The number of rotatable bonds is 10. The van der Waals surface area contributed by atoms with Gasteiger partial charge in [-0.3, -0.25) is 19.2 Å². The third-order valence-corrected chi connectivity index (χ3v) is 13.2. The first-order valence-electron chi connectivity index (χ1n) is 22.1. The summed E-state index contributed by atoms with van der Waals surface area (Å²) in [4.78, 5) is 52.9. The van der Waals surface area contributed by atoms with Gasteiger partial charge in [-0.1, -0.05) is 110 Å². The zero-order valence-electron chi connectivity index (χ0n) is 34.7. The molecule has 304 valence electrons. The SMILES string of the molecule is CCCCCCOc1ccc(C2C3=C(CCCC3=O)CC3=C2C(=O)c2ccccc23)cc1.CCOc1cccc(C2C3=C(CCCC3=O)CC3=C2C(=O)c2ccccc23)c1. The highest BCUT2D eigenvalue weighted by Crippen LogP contribution is 2.54. The molecule has 0 radical (unpaired) electrons. The van der Waals surface area contributed by atoms with E-state index in [9.17, 15) is 19.2 Å². The van der Waals surface area contributed by atoms with Crippen molar-refractivity contribution in [3.63, 3.8) is 0 Å². The molecule has 0 fully saturated rings. The molecule has 0 N–H and O–H groups in total. The van der Waals surface area contributed by atoms with Crippen LogP contribution in [0.5, 0.6) is 11.5 Å². The summed E-state index contributed by atoms with van der Waals surface area (Å²) in [5.41, 5.74) is 13.7. The number of benzene rings is 4. The van der Waals surface area contributed by atoms with Gasteiger partial charge in [0.15, 0.2) is 23.1 Å². The van der Waals surface area contributed by atoms with Crippen LogP contribution in [0, 0.1) is 0 Å². The van der Waals surface area contributed by atoms with Crippen molar-refractivity contribution >= 4 is 34.3 Å². The number of Topliss-reactive ketones (excluding diaryl/α,β-unsaturated/α-hetero) is 4. The predicted molar refractivity (Wildman–Crippen MR) is 236 cm³/mol. The van der Waals surface area contributed by atoms with Crippen LogP contribution in [0.25, 0.3) is 11.1 Å². The summed E-state index contributed by atoms with van der Waals surface area (Å²) in [6, 6.07) is 31.7. The summed E-state index contributed by atoms with van der Waals surface area (Å²) in [6.45, 7) is 5.46. The van der Waals surface area contributed by atoms with Crippen LogP contribution in [0.1, 0.15) is 146 Å². The molecular weight excluding hydrogens is 745 g/mol. The van der Waals surface area contributed by atoms with E-state index in [2.05, 4.69) is 13.0 Å². The van der Waals surface area contributed by atoms with Gasteiger partial charge < -0.3 is 9.47 Å². The average molecular weight is 797 g/mol. The second-order valence-corrected chi connectivity index (χ2v) is 16.8. The Morgan fingerprint density at radius 3 is 1.60 bits per heavy atom. The summed E-state index contributed by atoms with van der Waals surface area (Å²) in [5.74, 6) is 1.64. The van der Waals surface area contributed by atoms with E-state index in [1.54, 1.807) is 0 Å². The van der Waals surface area contributed by atoms with Gasteiger partial charge in [-0.25, -0.2) is 0 Å². The summed E-state index contributed by atoms with van der Waals surface area (Å²) in [5, 5.41) is 0. The van der Waals surface area contributed by atoms with E-state index in [4.69, 9.17) is 9.47 Å². The molecule has 0 aromatic heterocycles. The fourth-order valence-electron chi connectivity index (χ4n) is 10.5. The molecule has 0 bridgehead atoms. The van der Waals surface area contributed by atoms with Gasteiger partial charge in [0.1, 0.15) is 11.5 Å². The Labute approximate surface area is 353 Å². The number of carbonyl (C=O) groups is 4. The molecule has 60 heavy (non-hydrogen) atoms. The maximum atomic E-state index is 13.5. The molecule has 2 atom stereocenters. The van der Waals surface area contributed by atoms with E-state index < -0.39 is 0 Å². The molecule has 0 saturated carbocycles. The van der Waals surface area contributed by atoms with Crippen LogP contribution in [0.15, 0.2) is 131 Å². The molecule has 0 amide bonds. The number of carbonyl (C=O) groups excluding carboxylic acids is 4. The van der Waals surface area contributed by atoms with Crippen molar-refractivity contribution in [1.82, 2.24) is 0 Å². The van der Waals surface area contributed by atoms with E-state index in [-0.39, 0.29) is 35.0 Å². The van der Waals surface area contributed by atoms with Crippen LogP contribution in [0.3, 0.4) is 0 Å². The quantitative estimate of drug-likeness (QED) is 0.149. The molecule has 2 unspecified atom stereocenters. The van der Waals surface area contributed by atoms with Crippen LogP contribution in [-0.4, -0.2) is 36.3 Å². The van der Waals surface area contributed by atoms with E-state index in [0.717, 1.165) is 130 Å². The highest BCUT2D eigenvalue weighted by atomic mass is 16.5. The van der Waals surface area contributed by atoms with Crippen LogP contribution >= 0.6 is 0 Å². The summed E-state index contributed by atoms with van der Waals surface area (Å²) in [7, 11) is 0. The normalized spacial score (nSPS) is 20.2. The second kappa shape index (κ2) is 17.0. The smallest absolute Gasteiger partial charge is 0.190 e. The highest BCUT2D eigenvalue weighted by molar-refractivity contribution is 6.25. The highest BCUT2D eigenvalue weighted by Gasteiger charge is 2.45. The maximum absolute atomic E-state index is 13.5. The Bertz CT molecular complexity index is 2540. The molecule has 4 aromatic rings. The van der Waals surface area contributed by atoms with Gasteiger partial charge in [-0.15, -0.1) is 0 Å². The lowest BCUT2D eigenvalue weighted by atomic mass is 9.69. The van der Waals surface area contributed by atoms with E-state index in [1.807, 2.05) is 97.9 Å². The number of ketones is 4. The van der Waals surface area contributed by atoms with Crippen LogP contribution in [0.4, 0.5) is 0 Å². The Hall–Kier alpha value is -5.88. The minimum absolute atomic E-state index is 0.0716. The van der Waals surface area contributed by atoms with Gasteiger partial charge in [-0.2, -0.15) is 0 Å². The summed E-state index contributed by atoms with van der Waals surface area (Å²) >= 11 is 0. The average Bonchev–Trinajstić information content (AvgIpc) is 3.72. The van der Waals surface area contributed by atoms with Crippen LogP contribution in [-0.2, 0) is 9.59 Å². The van der Waals surface area contributed by atoms with Crippen molar-refractivity contribution < 1.29 is 28.7 Å². The standard InChI is InChI=1S/C29H30O3.C25H22O3/c1-2-3-4-7-17-32-21-15-13-19(14-16-21)27-26-20(9-8-12-25(26)30)18-24-22-10-5-6-11-23(22)29(31)28(24)27;1-2-28-17-9-5-7-15(13-17)23-22-16(8-6-12-21(22)26)14-20-18-10-3-4-11-19(18)25(27)24(20)23/h5-6,10-11,13-16,27H,2-4,7-9,12,17-18H2,1H3;3-5,7,9-11,13,23H,2,6,8,12,14H2,1H3. The number of hydrogen-bond donors (Lipinski definition) is 0. The van der Waals surface area contributed by atoms with E-state index in [0.29, 0.717) is 19.4 Å². The van der Waals surface area contributed by atoms with Crippen molar-refractivity contribution in [3.05, 3.63) is 164 Å². The first-order chi connectivity index (χ1) is 29.4. The monoisotopic (exact) mass is 796 g/mol. The first-order valence-corrected chi connectivity index (χ1v) is 22.1. The topological polar surface area (TPSA) is 86.7 Å². The van der Waals surface area contributed by atoms with Crippen LogP contribution in [0.2, 0.25) is 0 Å². The third-order valence-electron chi connectivity index (χ3n) is 13.2. The van der Waals surface area contributed by atoms with Gasteiger partial charge in [0.25, 0.3) is 0 Å². The molecule has 0 heterocycles. The lowest BCUT2D eigenvalue weighted by Gasteiger charge is -2.32. The minimum atomic E-state index is -0.285. The Balaban J connectivity index is 0.000000155. The number of hydrogen-bond acceptors (Lipinski definition) is 6. The Morgan fingerprint density at radius 2 is 1.05 bits per heavy atom. The van der Waals surface area contributed by atoms with Crippen LogP contribution < -0.4 is 9.47 Å². The van der Waals surface area contributed by atoms with Gasteiger partial charge in [-0.05, 0) is 110 Å². The van der Waals surface area contributed by atoms with Gasteiger partial charge in [0.05, 0.1) is 13.2 Å². The zero-order chi connectivity index (χ0) is 41.3. The Morgan fingerprint density at radius 1 is 0.500 bits per heavy atom. The van der Waals surface area contributed by atoms with Gasteiger partial charge >= 0.3 is 0 Å². The van der Waals surface area contributed by atoms with Crippen molar-refractivity contribution in [1.29, 1.82) is 0 Å². The first kappa shape index (κ1) is 39.6. The lowest BCUT2D eigenvalue weighted by Crippen LogP contribution is -2.25. The summed E-state index contributed by atoms with van der Waals surface area (Å²) < 4.78 is 11.6. The summed E-state index contributed by atoms with van der Waals surface area (Å²) in [6.07, 6.45) is 11.0. The molecule has 6 aliphatic carbocycles. The molecule has 4 aromatic carbocycles. The zero-order valence-corrected chi connectivity index (χ0v) is 34.7. The Kier molecular flexibility index (Phi) is 11.2. The molecule has 6 heteroatoms. The second-order valence-electron chi connectivity index (χ2n) is 16.8. The molecule has 0 aliphatic heterocycles. The molecule has 6 aliphatic rings. The predicted octanol–water partition coefficient (Wildman–Crippen LogP) is 12.1. The number of allylic oxidation sites excluding steroid dienone is 8. The molecule has 0 saturated heterocycles. The number of ether oxygens (including phenoxy) is 2.